The van der Waals surface area contributed by atoms with Crippen LogP contribution in [0.1, 0.15) is 57.8 Å². The average molecular weight is 698 g/mol. The highest BCUT2D eigenvalue weighted by Crippen LogP contribution is 2.54. The Morgan fingerprint density at radius 1 is 1.14 bits per heavy atom. The minimum Gasteiger partial charge on any atom is -0.494 e. The van der Waals surface area contributed by atoms with Gasteiger partial charge in [-0.1, -0.05) is 6.07 Å². The van der Waals surface area contributed by atoms with Gasteiger partial charge in [0.15, 0.2) is 5.75 Å². The first-order valence-electron chi connectivity index (χ1n) is 14.6. The number of fused-ring (bicyclic) bond motifs is 2. The molecule has 0 spiro atoms. The molecule has 6 rings (SSSR count). The Morgan fingerprint density at radius 2 is 1.86 bits per heavy atom. The summed E-state index contributed by atoms with van der Waals surface area (Å²) in [5.74, 6) is -8.51. The maximum Gasteiger partial charge on any atom is 0.469 e. The van der Waals surface area contributed by atoms with Crippen molar-refractivity contribution in [3.63, 3.8) is 0 Å². The summed E-state index contributed by atoms with van der Waals surface area (Å²) >= 11 is 0. The van der Waals surface area contributed by atoms with E-state index >= 15 is 0 Å². The summed E-state index contributed by atoms with van der Waals surface area (Å²) in [6, 6.07) is 5.34. The molecule has 2 aliphatic rings. The normalized spacial score (nSPS) is 17.6. The van der Waals surface area contributed by atoms with Crippen molar-refractivity contribution in [1.82, 2.24) is 20.1 Å². The van der Waals surface area contributed by atoms with Crippen LogP contribution in [0.4, 0.5) is 30.7 Å². The third-order valence-corrected chi connectivity index (χ3v) is 8.12. The van der Waals surface area contributed by atoms with E-state index in [0.717, 1.165) is 18.9 Å². The standard InChI is InChI=1S/C31H26F7N5O6/c1-3-48-25-18(26(39)44)11-22(41-24(25)14-4-7-19-20(9-14)49-31(37,38)29(19,32)33)28(46,30(34,35)36)13-40-27(45)15-8-16-12-43(17-5-6-17)42-23(16)21(10-15)47-2/h4,7-12,17,46H,3,5-6,13H2,1-2H3,(H2,39,44)(H,40,45). The summed E-state index contributed by atoms with van der Waals surface area (Å²) in [5.41, 5.74) is -2.51. The maximum absolute atomic E-state index is 14.7. The number of carbonyl (C=O) groups is 2. The number of hydrogen-bond acceptors (Lipinski definition) is 8. The molecule has 0 saturated heterocycles. The van der Waals surface area contributed by atoms with Gasteiger partial charge in [-0.25, -0.2) is 4.98 Å². The molecule has 1 fully saturated rings. The fourth-order valence-electron chi connectivity index (χ4n) is 5.37. The second-order valence-electron chi connectivity index (χ2n) is 11.4. The zero-order valence-corrected chi connectivity index (χ0v) is 25.5. The highest BCUT2D eigenvalue weighted by atomic mass is 19.4. The van der Waals surface area contributed by atoms with Gasteiger partial charge in [-0.05, 0) is 50.1 Å². The lowest BCUT2D eigenvalue weighted by atomic mass is 9.94. The highest BCUT2D eigenvalue weighted by Gasteiger charge is 2.66. The second-order valence-corrected chi connectivity index (χ2v) is 11.4. The number of rotatable bonds is 10. The predicted octanol–water partition coefficient (Wildman–Crippen LogP) is 5.20. The van der Waals surface area contributed by atoms with Crippen molar-refractivity contribution in [1.29, 1.82) is 0 Å². The van der Waals surface area contributed by atoms with Gasteiger partial charge in [-0.2, -0.15) is 35.8 Å². The third kappa shape index (κ3) is 5.62. The molecule has 2 amide bonds. The van der Waals surface area contributed by atoms with Crippen LogP contribution in [-0.2, 0) is 11.5 Å². The molecule has 2 aromatic heterocycles. The van der Waals surface area contributed by atoms with E-state index in [4.69, 9.17) is 15.2 Å². The largest absolute Gasteiger partial charge is 0.494 e. The Balaban J connectivity index is 1.41. The van der Waals surface area contributed by atoms with Gasteiger partial charge in [0, 0.05) is 22.7 Å². The van der Waals surface area contributed by atoms with E-state index in [1.165, 1.54) is 26.2 Å². The summed E-state index contributed by atoms with van der Waals surface area (Å²) in [6.07, 6.45) is -7.02. The molecule has 1 atom stereocenters. The number of nitrogens with two attached hydrogens (primary N) is 1. The van der Waals surface area contributed by atoms with E-state index in [2.05, 4.69) is 14.8 Å². The van der Waals surface area contributed by atoms with Gasteiger partial charge < -0.3 is 30.4 Å². The summed E-state index contributed by atoms with van der Waals surface area (Å²) in [4.78, 5) is 29.6. The molecule has 4 N–H and O–H groups in total. The summed E-state index contributed by atoms with van der Waals surface area (Å²) in [7, 11) is 1.32. The number of carbonyl (C=O) groups excluding carboxylic acids is 2. The first-order valence-corrected chi connectivity index (χ1v) is 14.6. The van der Waals surface area contributed by atoms with Crippen molar-refractivity contribution in [3.8, 4) is 28.5 Å². The number of ether oxygens (including phenoxy) is 3. The van der Waals surface area contributed by atoms with Gasteiger partial charge >= 0.3 is 18.2 Å². The number of primary amides is 1. The van der Waals surface area contributed by atoms with Gasteiger partial charge in [0.2, 0.25) is 5.60 Å². The molecule has 1 unspecified atom stereocenters. The Morgan fingerprint density at radius 3 is 2.47 bits per heavy atom. The SMILES string of the molecule is CCOc1c(C(N)=O)cc(C(O)(CNC(=O)c2cc(OC)c3nn(C4CC4)cc3c2)C(F)(F)F)nc1-c1ccc2c(c1)OC(F)(F)C2(F)F. The van der Waals surface area contributed by atoms with Gasteiger partial charge in [0.1, 0.15) is 22.7 Å². The Bertz CT molecular complexity index is 2000. The number of nitrogens with zero attached hydrogens (tertiary/aromatic N) is 3. The van der Waals surface area contributed by atoms with E-state index in [1.807, 2.05) is 5.32 Å². The molecule has 1 aliphatic carbocycles. The molecule has 0 bridgehead atoms. The van der Waals surface area contributed by atoms with Crippen LogP contribution in [0.3, 0.4) is 0 Å². The first kappa shape index (κ1) is 33.8. The number of methoxy groups -OCH3 is 1. The highest BCUT2D eigenvalue weighted by molar-refractivity contribution is 6.00. The lowest BCUT2D eigenvalue weighted by molar-refractivity contribution is -0.296. The molecule has 0 radical (unpaired) electrons. The molecule has 3 heterocycles. The molecule has 1 aliphatic heterocycles. The Hall–Kier alpha value is -5.13. The van der Waals surface area contributed by atoms with Crippen molar-refractivity contribution in [3.05, 3.63) is 65.0 Å². The van der Waals surface area contributed by atoms with Gasteiger partial charge in [0.05, 0.1) is 43.1 Å². The third-order valence-electron chi connectivity index (χ3n) is 8.12. The summed E-state index contributed by atoms with van der Waals surface area (Å²) < 4.78 is 117. The quantitative estimate of drug-likeness (QED) is 0.192. The van der Waals surface area contributed by atoms with Gasteiger partial charge in [-0.15, -0.1) is 0 Å². The van der Waals surface area contributed by atoms with Crippen LogP contribution in [-0.4, -0.2) is 64.2 Å². The zero-order valence-electron chi connectivity index (χ0n) is 25.5. The lowest BCUT2D eigenvalue weighted by Gasteiger charge is -2.31. The van der Waals surface area contributed by atoms with E-state index < -0.39 is 81.7 Å². The molecular weight excluding hydrogens is 671 g/mol. The molecule has 11 nitrogen and oxygen atoms in total. The van der Waals surface area contributed by atoms with E-state index in [1.54, 1.807) is 10.9 Å². The van der Waals surface area contributed by atoms with E-state index in [-0.39, 0.29) is 24.0 Å². The van der Waals surface area contributed by atoms with Crippen molar-refractivity contribution >= 4 is 22.7 Å². The van der Waals surface area contributed by atoms with Crippen LogP contribution in [0.25, 0.3) is 22.2 Å². The van der Waals surface area contributed by atoms with Crippen LogP contribution in [0.2, 0.25) is 0 Å². The molecule has 18 heteroatoms. The Kier molecular flexibility index (Phi) is 7.92. The molecular formula is C31H26F7N5O6. The van der Waals surface area contributed by atoms with Gasteiger partial charge in [0.25, 0.3) is 11.8 Å². The maximum atomic E-state index is 14.7. The van der Waals surface area contributed by atoms with Crippen LogP contribution in [0, 0.1) is 0 Å². The van der Waals surface area contributed by atoms with E-state index in [0.29, 0.717) is 29.1 Å². The number of alkyl halides is 7. The number of nitrogens with one attached hydrogen (secondary N) is 1. The number of pyridine rings is 1. The summed E-state index contributed by atoms with van der Waals surface area (Å²) in [5, 5.41) is 18.1. The fraction of sp³-hybridized carbons (Fsp3) is 0.355. The van der Waals surface area contributed by atoms with Crippen molar-refractivity contribution < 1.29 is 59.6 Å². The fourth-order valence-corrected chi connectivity index (χ4v) is 5.37. The van der Waals surface area contributed by atoms with Crippen LogP contribution < -0.4 is 25.3 Å². The molecule has 4 aromatic rings. The molecule has 49 heavy (non-hydrogen) atoms. The Labute approximate surface area is 271 Å². The van der Waals surface area contributed by atoms with Crippen molar-refractivity contribution in [2.75, 3.05) is 20.3 Å². The van der Waals surface area contributed by atoms with E-state index in [9.17, 15) is 45.4 Å². The minimum atomic E-state index is -5.56. The molecule has 2 aromatic carbocycles. The lowest BCUT2D eigenvalue weighted by Crippen LogP contribution is -2.51. The van der Waals surface area contributed by atoms with Gasteiger partial charge in [-0.3, -0.25) is 14.3 Å². The van der Waals surface area contributed by atoms with Crippen LogP contribution in [0.5, 0.6) is 17.2 Å². The van der Waals surface area contributed by atoms with Crippen LogP contribution in [0.15, 0.2) is 42.6 Å². The second kappa shape index (κ2) is 11.5. The number of aromatic nitrogens is 3. The topological polar surface area (TPSA) is 151 Å². The number of halogens is 7. The molecule has 1 saturated carbocycles. The van der Waals surface area contributed by atoms with Crippen LogP contribution >= 0.6 is 0 Å². The predicted molar refractivity (Wildman–Crippen MR) is 156 cm³/mol. The monoisotopic (exact) mass is 697 g/mol. The number of benzene rings is 2. The smallest absolute Gasteiger partial charge is 0.469 e. The number of hydrogen-bond donors (Lipinski definition) is 3. The first-order chi connectivity index (χ1) is 22.9. The van der Waals surface area contributed by atoms with Crippen molar-refractivity contribution in [2.45, 2.75) is 49.6 Å². The number of amides is 2. The zero-order chi connectivity index (χ0) is 35.7. The van der Waals surface area contributed by atoms with Crippen molar-refractivity contribution in [2.24, 2.45) is 5.73 Å². The summed E-state index contributed by atoms with van der Waals surface area (Å²) in [6.45, 7) is -0.319. The average Bonchev–Trinajstić information content (AvgIpc) is 3.76. The molecule has 260 valence electrons. The number of aliphatic hydroxyl groups is 1. The minimum absolute atomic E-state index is 0.130.